The molecule has 0 spiro atoms. The predicted molar refractivity (Wildman–Crippen MR) is 73.1 cm³/mol. The molecule has 0 aromatic heterocycles. The predicted octanol–water partition coefficient (Wildman–Crippen LogP) is 0.599. The number of rotatable bonds is 3. The van der Waals surface area contributed by atoms with Gasteiger partial charge in [0.1, 0.15) is 0 Å². The average Bonchev–Trinajstić information content (AvgIpc) is 2.39. The van der Waals surface area contributed by atoms with Gasteiger partial charge in [-0.15, -0.1) is 0 Å². The summed E-state index contributed by atoms with van der Waals surface area (Å²) in [6, 6.07) is 5.28. The van der Waals surface area contributed by atoms with Crippen LogP contribution in [0, 0.1) is 6.92 Å². The lowest BCUT2D eigenvalue weighted by molar-refractivity contribution is 0.113. The van der Waals surface area contributed by atoms with Crippen molar-refractivity contribution < 1.29 is 13.5 Å². The van der Waals surface area contributed by atoms with E-state index in [1.54, 1.807) is 19.1 Å². The number of hydrogen-bond acceptors (Lipinski definition) is 4. The third-order valence-electron chi connectivity index (χ3n) is 3.53. The summed E-state index contributed by atoms with van der Waals surface area (Å²) in [4.78, 5) is 0.326. The molecule has 1 aliphatic rings. The van der Waals surface area contributed by atoms with Crippen LogP contribution in [-0.4, -0.2) is 37.0 Å². The summed E-state index contributed by atoms with van der Waals surface area (Å²) in [6.45, 7) is 2.85. The molecule has 0 atom stereocenters. The van der Waals surface area contributed by atoms with Crippen LogP contribution in [0.3, 0.4) is 0 Å². The van der Waals surface area contributed by atoms with Crippen LogP contribution in [0.25, 0.3) is 0 Å². The minimum Gasteiger partial charge on any atom is -0.393 e. The molecule has 5 nitrogen and oxygen atoms in total. The highest BCUT2D eigenvalue weighted by atomic mass is 32.2. The van der Waals surface area contributed by atoms with E-state index in [-0.39, 0.29) is 6.10 Å². The third kappa shape index (κ3) is 2.97. The molecule has 0 bridgehead atoms. The fourth-order valence-electron chi connectivity index (χ4n) is 2.27. The largest absolute Gasteiger partial charge is 0.393 e. The minimum atomic E-state index is -3.48. The van der Waals surface area contributed by atoms with Crippen molar-refractivity contribution in [2.75, 3.05) is 13.1 Å². The normalized spacial score (nSPS) is 18.7. The van der Waals surface area contributed by atoms with Gasteiger partial charge < -0.3 is 10.8 Å². The fourth-order valence-corrected chi connectivity index (χ4v) is 4.02. The van der Waals surface area contributed by atoms with Gasteiger partial charge in [0.05, 0.1) is 11.0 Å². The topological polar surface area (TPSA) is 83.6 Å². The Kier molecular flexibility index (Phi) is 4.25. The zero-order valence-electron chi connectivity index (χ0n) is 11.0. The van der Waals surface area contributed by atoms with E-state index in [0.717, 1.165) is 11.1 Å². The third-order valence-corrected chi connectivity index (χ3v) is 5.57. The van der Waals surface area contributed by atoms with Crippen LogP contribution in [0.4, 0.5) is 0 Å². The van der Waals surface area contributed by atoms with Gasteiger partial charge in [-0.25, -0.2) is 8.42 Å². The first-order chi connectivity index (χ1) is 8.95. The Hall–Kier alpha value is -0.950. The number of aryl methyl sites for hydroxylation is 1. The average molecular weight is 284 g/mol. The summed E-state index contributed by atoms with van der Waals surface area (Å²) in [5, 5.41) is 9.46. The number of hydrogen-bond donors (Lipinski definition) is 2. The Morgan fingerprint density at radius 2 is 2.00 bits per heavy atom. The minimum absolute atomic E-state index is 0.321. The molecule has 0 amide bonds. The second kappa shape index (κ2) is 5.58. The van der Waals surface area contributed by atoms with E-state index in [1.807, 2.05) is 6.07 Å². The van der Waals surface area contributed by atoms with Crippen LogP contribution in [-0.2, 0) is 16.6 Å². The summed E-state index contributed by atoms with van der Waals surface area (Å²) >= 11 is 0. The lowest BCUT2D eigenvalue weighted by atomic mass is 10.1. The molecular formula is C13H20N2O3S. The lowest BCUT2D eigenvalue weighted by Gasteiger charge is -2.29. The monoisotopic (exact) mass is 284 g/mol. The molecule has 0 saturated carbocycles. The van der Waals surface area contributed by atoms with Crippen LogP contribution in [0.5, 0.6) is 0 Å². The highest BCUT2D eigenvalue weighted by Gasteiger charge is 2.29. The first-order valence-corrected chi connectivity index (χ1v) is 7.87. The maximum absolute atomic E-state index is 12.6. The number of piperidine rings is 1. The Bertz CT molecular complexity index is 549. The van der Waals surface area contributed by atoms with Gasteiger partial charge >= 0.3 is 0 Å². The molecule has 3 N–H and O–H groups in total. The van der Waals surface area contributed by atoms with Crippen LogP contribution < -0.4 is 5.73 Å². The number of aliphatic hydroxyl groups is 1. The van der Waals surface area contributed by atoms with Crippen LogP contribution >= 0.6 is 0 Å². The molecule has 0 aliphatic carbocycles. The Labute approximate surface area is 114 Å². The molecule has 19 heavy (non-hydrogen) atoms. The highest BCUT2D eigenvalue weighted by Crippen LogP contribution is 2.24. The molecule has 106 valence electrons. The van der Waals surface area contributed by atoms with E-state index in [0.29, 0.717) is 37.4 Å². The van der Waals surface area contributed by atoms with Crippen molar-refractivity contribution in [2.45, 2.75) is 37.3 Å². The zero-order valence-corrected chi connectivity index (χ0v) is 11.9. The van der Waals surface area contributed by atoms with Gasteiger partial charge in [0.2, 0.25) is 10.0 Å². The SMILES string of the molecule is Cc1ccc(CN)cc1S(=O)(=O)N1CCC(O)CC1. The van der Waals surface area contributed by atoms with E-state index in [9.17, 15) is 13.5 Å². The molecule has 0 unspecified atom stereocenters. The van der Waals surface area contributed by atoms with Crippen LogP contribution in [0.1, 0.15) is 24.0 Å². The van der Waals surface area contributed by atoms with Crippen molar-refractivity contribution in [3.8, 4) is 0 Å². The first-order valence-electron chi connectivity index (χ1n) is 6.43. The molecule has 1 aliphatic heterocycles. The van der Waals surface area contributed by atoms with Gasteiger partial charge in [-0.3, -0.25) is 0 Å². The molecular weight excluding hydrogens is 264 g/mol. The van der Waals surface area contributed by atoms with Gasteiger partial charge in [-0.2, -0.15) is 4.31 Å². The Morgan fingerprint density at radius 3 is 2.58 bits per heavy atom. The molecule has 2 rings (SSSR count). The van der Waals surface area contributed by atoms with E-state index < -0.39 is 10.0 Å². The van der Waals surface area contributed by atoms with Gasteiger partial charge in [-0.1, -0.05) is 12.1 Å². The van der Waals surface area contributed by atoms with E-state index in [1.165, 1.54) is 4.31 Å². The summed E-state index contributed by atoms with van der Waals surface area (Å²) in [5.41, 5.74) is 7.10. The van der Waals surface area contributed by atoms with Crippen molar-refractivity contribution in [2.24, 2.45) is 5.73 Å². The van der Waals surface area contributed by atoms with Gasteiger partial charge in [0, 0.05) is 19.6 Å². The summed E-state index contributed by atoms with van der Waals surface area (Å²) in [5.74, 6) is 0. The summed E-state index contributed by atoms with van der Waals surface area (Å²) in [6.07, 6.45) is 0.604. The Morgan fingerprint density at radius 1 is 1.37 bits per heavy atom. The highest BCUT2D eigenvalue weighted by molar-refractivity contribution is 7.89. The molecule has 0 radical (unpaired) electrons. The molecule has 1 aromatic carbocycles. The second-order valence-corrected chi connectivity index (χ2v) is 6.85. The maximum Gasteiger partial charge on any atom is 0.243 e. The van der Waals surface area contributed by atoms with E-state index in [2.05, 4.69) is 0 Å². The lowest BCUT2D eigenvalue weighted by Crippen LogP contribution is -2.40. The standard InChI is InChI=1S/C13H20N2O3S/c1-10-2-3-11(9-14)8-13(10)19(17,18)15-6-4-12(16)5-7-15/h2-3,8,12,16H,4-7,9,14H2,1H3. The van der Waals surface area contributed by atoms with E-state index >= 15 is 0 Å². The van der Waals surface area contributed by atoms with Gasteiger partial charge in [0.25, 0.3) is 0 Å². The van der Waals surface area contributed by atoms with Crippen LogP contribution in [0.15, 0.2) is 23.1 Å². The summed E-state index contributed by atoms with van der Waals surface area (Å²) < 4.78 is 26.6. The first kappa shape index (κ1) is 14.5. The maximum atomic E-state index is 12.6. The summed E-state index contributed by atoms with van der Waals surface area (Å²) in [7, 11) is -3.48. The van der Waals surface area contributed by atoms with Crippen molar-refractivity contribution in [3.05, 3.63) is 29.3 Å². The fraction of sp³-hybridized carbons (Fsp3) is 0.538. The van der Waals surface area contributed by atoms with Crippen molar-refractivity contribution in [1.29, 1.82) is 0 Å². The molecule has 1 saturated heterocycles. The van der Waals surface area contributed by atoms with E-state index in [4.69, 9.17) is 5.73 Å². The zero-order chi connectivity index (χ0) is 14.0. The molecule has 6 heteroatoms. The number of sulfonamides is 1. The smallest absolute Gasteiger partial charge is 0.243 e. The quantitative estimate of drug-likeness (QED) is 0.851. The van der Waals surface area contributed by atoms with Gasteiger partial charge in [0.15, 0.2) is 0 Å². The van der Waals surface area contributed by atoms with Crippen molar-refractivity contribution in [1.82, 2.24) is 4.31 Å². The molecule has 1 fully saturated rings. The number of nitrogens with two attached hydrogens (primary N) is 1. The molecule has 1 aromatic rings. The van der Waals surface area contributed by atoms with Crippen molar-refractivity contribution in [3.63, 3.8) is 0 Å². The van der Waals surface area contributed by atoms with Crippen LogP contribution in [0.2, 0.25) is 0 Å². The number of nitrogens with zero attached hydrogens (tertiary/aromatic N) is 1. The number of aliphatic hydroxyl groups excluding tert-OH is 1. The number of benzene rings is 1. The van der Waals surface area contributed by atoms with Crippen molar-refractivity contribution >= 4 is 10.0 Å². The van der Waals surface area contributed by atoms with Gasteiger partial charge in [-0.05, 0) is 37.0 Å². The second-order valence-electron chi connectivity index (χ2n) is 4.94. The molecule has 1 heterocycles. The Balaban J connectivity index is 2.34.